The fraction of sp³-hybridized carbons (Fsp3) is 0.0769. The number of benzene rings is 2. The first-order valence-electron chi connectivity index (χ1n) is 5.26. The van der Waals surface area contributed by atoms with Crippen molar-refractivity contribution in [2.45, 2.75) is 0 Å². The molecule has 0 amide bonds. The largest absolute Gasteiger partial charge is 0.494 e. The van der Waals surface area contributed by atoms with Crippen molar-refractivity contribution in [3.05, 3.63) is 48.0 Å². The molecule has 0 heterocycles. The van der Waals surface area contributed by atoms with E-state index in [-0.39, 0.29) is 17.3 Å². The van der Waals surface area contributed by atoms with Gasteiger partial charge in [-0.1, -0.05) is 6.07 Å². The van der Waals surface area contributed by atoms with Gasteiger partial charge in [0.15, 0.2) is 11.6 Å². The van der Waals surface area contributed by atoms with Crippen molar-refractivity contribution in [2.75, 3.05) is 18.2 Å². The Morgan fingerprint density at radius 3 is 2.61 bits per heavy atom. The van der Waals surface area contributed by atoms with Crippen molar-refractivity contribution in [1.29, 1.82) is 0 Å². The lowest BCUT2D eigenvalue weighted by Crippen LogP contribution is -1.99. The summed E-state index contributed by atoms with van der Waals surface area (Å²) in [7, 11) is 1.36. The highest BCUT2D eigenvalue weighted by Gasteiger charge is 2.08. The number of rotatable bonds is 3. The maximum atomic E-state index is 13.3. The Kier molecular flexibility index (Phi) is 3.32. The zero-order chi connectivity index (χ0) is 13.1. The number of nitrogens with one attached hydrogen (secondary N) is 1. The molecule has 0 spiro atoms. The van der Waals surface area contributed by atoms with Crippen LogP contribution in [-0.2, 0) is 0 Å². The van der Waals surface area contributed by atoms with Gasteiger partial charge in [0, 0.05) is 17.8 Å². The molecule has 5 heteroatoms. The highest BCUT2D eigenvalue weighted by atomic mass is 19.1. The molecule has 94 valence electrons. The predicted octanol–water partition coefficient (Wildman–Crippen LogP) is 3.30. The fourth-order valence-electron chi connectivity index (χ4n) is 1.56. The third-order valence-electron chi connectivity index (χ3n) is 2.43. The molecule has 2 rings (SSSR count). The minimum atomic E-state index is -0.542. The minimum Gasteiger partial charge on any atom is -0.494 e. The summed E-state index contributed by atoms with van der Waals surface area (Å²) in [5.74, 6) is -0.837. The van der Waals surface area contributed by atoms with Crippen LogP contribution in [0.3, 0.4) is 0 Å². The van der Waals surface area contributed by atoms with Crippen molar-refractivity contribution in [2.24, 2.45) is 0 Å². The third-order valence-corrected chi connectivity index (χ3v) is 2.43. The summed E-state index contributed by atoms with van der Waals surface area (Å²) in [6.45, 7) is 0. The second-order valence-corrected chi connectivity index (χ2v) is 3.71. The molecule has 0 aromatic heterocycles. The minimum absolute atomic E-state index is 0.0723. The Morgan fingerprint density at radius 1 is 1.17 bits per heavy atom. The van der Waals surface area contributed by atoms with Crippen molar-refractivity contribution >= 4 is 17.1 Å². The van der Waals surface area contributed by atoms with Gasteiger partial charge in [0.25, 0.3) is 0 Å². The molecule has 0 atom stereocenters. The first-order chi connectivity index (χ1) is 8.60. The maximum Gasteiger partial charge on any atom is 0.167 e. The van der Waals surface area contributed by atoms with Gasteiger partial charge in [-0.2, -0.15) is 0 Å². The van der Waals surface area contributed by atoms with Gasteiger partial charge in [-0.3, -0.25) is 0 Å². The molecule has 0 saturated heterocycles. The Labute approximate surface area is 103 Å². The second kappa shape index (κ2) is 4.91. The van der Waals surface area contributed by atoms with Crippen LogP contribution in [0.5, 0.6) is 5.75 Å². The first kappa shape index (κ1) is 12.2. The normalized spacial score (nSPS) is 10.2. The molecule has 3 N–H and O–H groups in total. The van der Waals surface area contributed by atoms with Crippen LogP contribution in [0.4, 0.5) is 25.8 Å². The van der Waals surface area contributed by atoms with Gasteiger partial charge in [0.2, 0.25) is 0 Å². The number of hydrogen-bond donors (Lipinski definition) is 2. The highest BCUT2D eigenvalue weighted by Crippen LogP contribution is 2.30. The highest BCUT2D eigenvalue weighted by molar-refractivity contribution is 5.74. The molecular weight excluding hydrogens is 238 g/mol. The average molecular weight is 250 g/mol. The summed E-state index contributed by atoms with van der Waals surface area (Å²) >= 11 is 0. The fourth-order valence-corrected chi connectivity index (χ4v) is 1.56. The Morgan fingerprint density at radius 2 is 1.94 bits per heavy atom. The van der Waals surface area contributed by atoms with Gasteiger partial charge in [-0.25, -0.2) is 8.78 Å². The van der Waals surface area contributed by atoms with E-state index in [1.807, 2.05) is 0 Å². The van der Waals surface area contributed by atoms with Gasteiger partial charge < -0.3 is 15.8 Å². The van der Waals surface area contributed by atoms with E-state index >= 15 is 0 Å². The van der Waals surface area contributed by atoms with E-state index < -0.39 is 5.82 Å². The first-order valence-corrected chi connectivity index (χ1v) is 5.26. The maximum absolute atomic E-state index is 13.3. The standard InChI is InChI=1S/C13H12F2N2O/c1-18-13-7-12(11(16)6-10(13)15)17-9-4-2-3-8(14)5-9/h2-7,17H,16H2,1H3. The summed E-state index contributed by atoms with van der Waals surface area (Å²) in [6.07, 6.45) is 0. The van der Waals surface area contributed by atoms with Crippen LogP contribution in [0.25, 0.3) is 0 Å². The molecular formula is C13H12F2N2O. The average Bonchev–Trinajstić information content (AvgIpc) is 2.33. The van der Waals surface area contributed by atoms with Gasteiger partial charge in [0.1, 0.15) is 5.82 Å². The molecule has 2 aromatic carbocycles. The van der Waals surface area contributed by atoms with E-state index in [1.165, 1.54) is 25.3 Å². The second-order valence-electron chi connectivity index (χ2n) is 3.71. The molecule has 0 saturated carbocycles. The zero-order valence-corrected chi connectivity index (χ0v) is 9.71. The number of nitrogens with two attached hydrogens (primary N) is 1. The number of halogens is 2. The molecule has 2 aromatic rings. The molecule has 0 aliphatic carbocycles. The monoisotopic (exact) mass is 250 g/mol. The summed E-state index contributed by atoms with van der Waals surface area (Å²) in [6, 6.07) is 8.47. The van der Waals surface area contributed by atoms with Crippen LogP contribution in [0, 0.1) is 11.6 Å². The van der Waals surface area contributed by atoms with E-state index in [1.54, 1.807) is 12.1 Å². The lowest BCUT2D eigenvalue weighted by atomic mass is 10.2. The van der Waals surface area contributed by atoms with E-state index in [9.17, 15) is 8.78 Å². The van der Waals surface area contributed by atoms with Gasteiger partial charge in [-0.15, -0.1) is 0 Å². The number of hydrogen-bond acceptors (Lipinski definition) is 3. The van der Waals surface area contributed by atoms with Crippen LogP contribution in [0.1, 0.15) is 0 Å². The lowest BCUT2D eigenvalue weighted by molar-refractivity contribution is 0.387. The van der Waals surface area contributed by atoms with Crippen LogP contribution in [0.15, 0.2) is 36.4 Å². The van der Waals surface area contributed by atoms with Gasteiger partial charge >= 0.3 is 0 Å². The van der Waals surface area contributed by atoms with Gasteiger partial charge in [-0.05, 0) is 18.2 Å². The van der Waals surface area contributed by atoms with E-state index in [0.29, 0.717) is 11.4 Å². The van der Waals surface area contributed by atoms with Crippen molar-refractivity contribution in [1.82, 2.24) is 0 Å². The van der Waals surface area contributed by atoms with Crippen LogP contribution >= 0.6 is 0 Å². The zero-order valence-electron chi connectivity index (χ0n) is 9.71. The van der Waals surface area contributed by atoms with E-state index in [0.717, 1.165) is 6.07 Å². The third kappa shape index (κ3) is 2.51. The van der Waals surface area contributed by atoms with Crippen LogP contribution in [0.2, 0.25) is 0 Å². The lowest BCUT2D eigenvalue weighted by Gasteiger charge is -2.11. The smallest absolute Gasteiger partial charge is 0.167 e. The summed E-state index contributed by atoms with van der Waals surface area (Å²) in [5, 5.41) is 2.90. The molecule has 0 aliphatic rings. The number of anilines is 3. The Bertz CT molecular complexity index is 573. The SMILES string of the molecule is COc1cc(Nc2cccc(F)c2)c(N)cc1F. The number of methoxy groups -OCH3 is 1. The van der Waals surface area contributed by atoms with Crippen molar-refractivity contribution in [3.63, 3.8) is 0 Å². The van der Waals surface area contributed by atoms with Crippen molar-refractivity contribution < 1.29 is 13.5 Å². The Hall–Kier alpha value is -2.30. The molecule has 0 radical (unpaired) electrons. The molecule has 18 heavy (non-hydrogen) atoms. The molecule has 0 fully saturated rings. The van der Waals surface area contributed by atoms with Gasteiger partial charge in [0.05, 0.1) is 18.5 Å². The van der Waals surface area contributed by atoms with Crippen LogP contribution < -0.4 is 15.8 Å². The van der Waals surface area contributed by atoms with E-state index in [2.05, 4.69) is 5.32 Å². The molecule has 3 nitrogen and oxygen atoms in total. The molecule has 0 unspecified atom stereocenters. The molecule has 0 bridgehead atoms. The summed E-state index contributed by atoms with van der Waals surface area (Å²) < 4.78 is 31.2. The topological polar surface area (TPSA) is 47.3 Å². The quantitative estimate of drug-likeness (QED) is 0.822. The van der Waals surface area contributed by atoms with Crippen LogP contribution in [-0.4, -0.2) is 7.11 Å². The number of nitrogen functional groups attached to an aromatic ring is 1. The van der Waals surface area contributed by atoms with Crippen molar-refractivity contribution in [3.8, 4) is 5.75 Å². The molecule has 0 aliphatic heterocycles. The van der Waals surface area contributed by atoms with E-state index in [4.69, 9.17) is 10.5 Å². The Balaban J connectivity index is 2.34. The predicted molar refractivity (Wildman–Crippen MR) is 67.0 cm³/mol. The number of ether oxygens (including phenoxy) is 1. The summed E-state index contributed by atoms with van der Waals surface area (Å²) in [4.78, 5) is 0. The summed E-state index contributed by atoms with van der Waals surface area (Å²) in [5.41, 5.74) is 6.88.